The smallest absolute Gasteiger partial charge is 0.0447 e. The van der Waals surface area contributed by atoms with Crippen LogP contribution in [0.4, 0.5) is 0 Å². The second-order valence-corrected chi connectivity index (χ2v) is 2.91. The summed E-state index contributed by atoms with van der Waals surface area (Å²) in [6, 6.07) is 2.12. The molecule has 0 amide bonds. The van der Waals surface area contributed by atoms with Crippen LogP contribution < -0.4 is 0 Å². The molecule has 2 rings (SSSR count). The predicted octanol–water partition coefficient (Wildman–Crippen LogP) is 4.40. The third-order valence-corrected chi connectivity index (χ3v) is 2.14. The molecule has 0 bridgehead atoms. The maximum Gasteiger partial charge on any atom is 0.0447 e. The van der Waals surface area contributed by atoms with Crippen LogP contribution in [0.15, 0.2) is 18.3 Å². The first-order chi connectivity index (χ1) is 7.38. The Morgan fingerprint density at radius 1 is 1.13 bits per heavy atom. The first-order valence-corrected chi connectivity index (χ1v) is 5.99. The van der Waals surface area contributed by atoms with Crippen molar-refractivity contribution in [3.63, 3.8) is 0 Å². The number of nitrogens with zero attached hydrogens (tertiary/aromatic N) is 1. The standard InChI is InChI=1S/C10H11N.2C2H6/c1-8-10-5-3-2-4-9(10)6-7-11-8;2*1-2/h3,5-7H,2,4H2,1H3;2*1-2H3. The molecule has 0 radical (unpaired) electrons. The van der Waals surface area contributed by atoms with E-state index in [1.54, 1.807) is 0 Å². The number of allylic oxidation sites excluding steroid dienone is 1. The number of hydrogen-bond acceptors (Lipinski definition) is 1. The maximum atomic E-state index is 4.24. The Bertz CT molecular complexity index is 300. The Kier molecular flexibility index (Phi) is 7.61. The zero-order valence-corrected chi connectivity index (χ0v) is 10.7. The Morgan fingerprint density at radius 2 is 1.80 bits per heavy atom. The van der Waals surface area contributed by atoms with Gasteiger partial charge in [0.05, 0.1) is 0 Å². The van der Waals surface area contributed by atoms with Crippen molar-refractivity contribution >= 4 is 6.08 Å². The fourth-order valence-corrected chi connectivity index (χ4v) is 1.52. The van der Waals surface area contributed by atoms with Gasteiger partial charge in [-0.25, -0.2) is 0 Å². The Hall–Kier alpha value is -1.11. The van der Waals surface area contributed by atoms with Gasteiger partial charge in [-0.05, 0) is 37.0 Å². The van der Waals surface area contributed by atoms with Crippen molar-refractivity contribution in [3.05, 3.63) is 35.2 Å². The molecule has 0 atom stereocenters. The monoisotopic (exact) mass is 205 g/mol. The van der Waals surface area contributed by atoms with Crippen LogP contribution in [0.3, 0.4) is 0 Å². The molecule has 1 aliphatic carbocycles. The van der Waals surface area contributed by atoms with Gasteiger partial charge in [-0.15, -0.1) is 0 Å². The molecule has 1 aliphatic rings. The number of fused-ring (bicyclic) bond motifs is 1. The average Bonchev–Trinajstić information content (AvgIpc) is 2.35. The molecule has 0 N–H and O–H groups in total. The highest BCUT2D eigenvalue weighted by Gasteiger charge is 2.05. The Balaban J connectivity index is 0.000000442. The van der Waals surface area contributed by atoms with Crippen LogP contribution in [0.2, 0.25) is 0 Å². The minimum atomic E-state index is 1.15. The van der Waals surface area contributed by atoms with E-state index in [2.05, 4.69) is 30.1 Å². The number of aromatic nitrogens is 1. The van der Waals surface area contributed by atoms with E-state index in [9.17, 15) is 0 Å². The summed E-state index contributed by atoms with van der Waals surface area (Å²) >= 11 is 0. The third-order valence-electron chi connectivity index (χ3n) is 2.14. The largest absolute Gasteiger partial charge is 0.261 e. The highest BCUT2D eigenvalue weighted by molar-refractivity contribution is 5.57. The van der Waals surface area contributed by atoms with Gasteiger partial charge in [-0.1, -0.05) is 39.8 Å². The zero-order chi connectivity index (χ0) is 11.7. The molecule has 0 fully saturated rings. The quantitative estimate of drug-likeness (QED) is 0.611. The van der Waals surface area contributed by atoms with Crippen molar-refractivity contribution < 1.29 is 0 Å². The molecular weight excluding hydrogens is 182 g/mol. The number of aryl methyl sites for hydroxylation is 2. The lowest BCUT2D eigenvalue weighted by atomic mass is 9.97. The summed E-state index contributed by atoms with van der Waals surface area (Å²) in [6.45, 7) is 10.1. The third kappa shape index (κ3) is 3.86. The fourth-order valence-electron chi connectivity index (χ4n) is 1.52. The van der Waals surface area contributed by atoms with E-state index in [1.807, 2.05) is 33.9 Å². The zero-order valence-electron chi connectivity index (χ0n) is 10.7. The van der Waals surface area contributed by atoms with Gasteiger partial charge in [-0.3, -0.25) is 4.98 Å². The van der Waals surface area contributed by atoms with Crippen LogP contribution in [0.5, 0.6) is 0 Å². The fraction of sp³-hybridized carbons (Fsp3) is 0.500. The van der Waals surface area contributed by atoms with Crippen molar-refractivity contribution in [1.29, 1.82) is 0 Å². The summed E-state index contributed by atoms with van der Waals surface area (Å²) in [7, 11) is 0. The molecule has 0 saturated carbocycles. The van der Waals surface area contributed by atoms with Gasteiger partial charge in [0.2, 0.25) is 0 Å². The topological polar surface area (TPSA) is 12.9 Å². The summed E-state index contributed by atoms with van der Waals surface area (Å²) in [5, 5.41) is 0. The van der Waals surface area contributed by atoms with E-state index in [0.717, 1.165) is 5.69 Å². The first kappa shape index (κ1) is 13.9. The van der Waals surface area contributed by atoms with E-state index in [1.165, 1.54) is 24.0 Å². The van der Waals surface area contributed by atoms with Crippen molar-refractivity contribution in [2.24, 2.45) is 0 Å². The molecule has 1 aromatic rings. The van der Waals surface area contributed by atoms with Crippen LogP contribution >= 0.6 is 0 Å². The minimum Gasteiger partial charge on any atom is -0.261 e. The molecule has 0 aromatic carbocycles. The van der Waals surface area contributed by atoms with Gasteiger partial charge < -0.3 is 0 Å². The summed E-state index contributed by atoms with van der Waals surface area (Å²) < 4.78 is 0. The lowest BCUT2D eigenvalue weighted by Crippen LogP contribution is -1.97. The second-order valence-electron chi connectivity index (χ2n) is 2.91. The lowest BCUT2D eigenvalue weighted by molar-refractivity contribution is 0.966. The highest BCUT2D eigenvalue weighted by atomic mass is 14.7. The lowest BCUT2D eigenvalue weighted by Gasteiger charge is -2.10. The molecule has 0 saturated heterocycles. The van der Waals surface area contributed by atoms with E-state index in [0.29, 0.717) is 0 Å². The van der Waals surface area contributed by atoms with Gasteiger partial charge in [0.15, 0.2) is 0 Å². The summed E-state index contributed by atoms with van der Waals surface area (Å²) in [5.74, 6) is 0. The van der Waals surface area contributed by atoms with Crippen molar-refractivity contribution in [1.82, 2.24) is 4.98 Å². The first-order valence-electron chi connectivity index (χ1n) is 5.99. The average molecular weight is 205 g/mol. The SMILES string of the molecule is CC.CC.Cc1nccc2c1C=CCC2. The molecule has 1 aromatic heterocycles. The van der Waals surface area contributed by atoms with E-state index < -0.39 is 0 Å². The molecule has 84 valence electrons. The highest BCUT2D eigenvalue weighted by Crippen LogP contribution is 2.19. The molecule has 15 heavy (non-hydrogen) atoms. The van der Waals surface area contributed by atoms with Crippen molar-refractivity contribution in [2.45, 2.75) is 47.5 Å². The molecule has 1 heteroatoms. The van der Waals surface area contributed by atoms with E-state index >= 15 is 0 Å². The molecule has 1 heterocycles. The molecular formula is C14H23N. The normalized spacial score (nSPS) is 11.5. The van der Waals surface area contributed by atoms with E-state index in [4.69, 9.17) is 0 Å². The van der Waals surface area contributed by atoms with Crippen LogP contribution in [0.1, 0.15) is 50.9 Å². The van der Waals surface area contributed by atoms with Crippen LogP contribution in [0.25, 0.3) is 6.08 Å². The van der Waals surface area contributed by atoms with Crippen molar-refractivity contribution in [2.75, 3.05) is 0 Å². The maximum absolute atomic E-state index is 4.24. The second kappa shape index (κ2) is 8.22. The van der Waals surface area contributed by atoms with Gasteiger partial charge in [0, 0.05) is 11.9 Å². The minimum absolute atomic E-state index is 1.15. The van der Waals surface area contributed by atoms with E-state index in [-0.39, 0.29) is 0 Å². The number of hydrogen-bond donors (Lipinski definition) is 0. The van der Waals surface area contributed by atoms with Crippen LogP contribution in [-0.4, -0.2) is 4.98 Å². The summed E-state index contributed by atoms with van der Waals surface area (Å²) in [6.07, 6.45) is 8.65. The molecule has 0 spiro atoms. The number of pyridine rings is 1. The Labute approximate surface area is 94.3 Å². The summed E-state index contributed by atoms with van der Waals surface area (Å²) in [4.78, 5) is 4.24. The number of rotatable bonds is 0. The van der Waals surface area contributed by atoms with Gasteiger partial charge >= 0.3 is 0 Å². The van der Waals surface area contributed by atoms with Crippen LogP contribution in [0, 0.1) is 6.92 Å². The van der Waals surface area contributed by atoms with Crippen molar-refractivity contribution in [3.8, 4) is 0 Å². The Morgan fingerprint density at radius 3 is 2.40 bits per heavy atom. The molecule has 1 nitrogen and oxygen atoms in total. The van der Waals surface area contributed by atoms with Gasteiger partial charge in [-0.2, -0.15) is 0 Å². The molecule has 0 unspecified atom stereocenters. The van der Waals surface area contributed by atoms with Gasteiger partial charge in [0.25, 0.3) is 0 Å². The van der Waals surface area contributed by atoms with Crippen LogP contribution in [-0.2, 0) is 6.42 Å². The molecule has 0 aliphatic heterocycles. The van der Waals surface area contributed by atoms with Gasteiger partial charge in [0.1, 0.15) is 0 Å². The summed E-state index contributed by atoms with van der Waals surface area (Å²) in [5.41, 5.74) is 3.93. The predicted molar refractivity (Wildman–Crippen MR) is 69.0 cm³/mol.